The SMILES string of the molecule is COC(=O)C(C)Cc1ccc(NC(=O)Nc2cccc(CCC(=O)O)c2)cc1. The molecule has 7 nitrogen and oxygen atoms in total. The molecule has 2 aromatic rings. The molecule has 1 unspecified atom stereocenters. The van der Waals surface area contributed by atoms with Gasteiger partial charge >= 0.3 is 18.0 Å². The normalized spacial score (nSPS) is 11.4. The molecule has 0 radical (unpaired) electrons. The van der Waals surface area contributed by atoms with E-state index in [0.29, 0.717) is 24.2 Å². The van der Waals surface area contributed by atoms with E-state index in [9.17, 15) is 14.4 Å². The summed E-state index contributed by atoms with van der Waals surface area (Å²) < 4.78 is 4.72. The number of amides is 2. The van der Waals surface area contributed by atoms with E-state index < -0.39 is 12.0 Å². The number of ether oxygens (including phenoxy) is 1. The van der Waals surface area contributed by atoms with Gasteiger partial charge in [-0.15, -0.1) is 0 Å². The Labute approximate surface area is 163 Å². The van der Waals surface area contributed by atoms with Crippen LogP contribution >= 0.6 is 0 Å². The van der Waals surface area contributed by atoms with Crippen molar-refractivity contribution in [2.24, 2.45) is 5.92 Å². The highest BCUT2D eigenvalue weighted by molar-refractivity contribution is 5.99. The third-order valence-corrected chi connectivity index (χ3v) is 4.17. The summed E-state index contributed by atoms with van der Waals surface area (Å²) in [6.45, 7) is 1.80. The number of aliphatic carboxylic acids is 1. The number of carbonyl (C=O) groups excluding carboxylic acids is 2. The maximum Gasteiger partial charge on any atom is 0.323 e. The summed E-state index contributed by atoms with van der Waals surface area (Å²) in [5, 5.41) is 14.2. The van der Waals surface area contributed by atoms with Gasteiger partial charge in [-0.2, -0.15) is 0 Å². The van der Waals surface area contributed by atoms with E-state index in [1.54, 1.807) is 37.3 Å². The van der Waals surface area contributed by atoms with Crippen LogP contribution in [0.15, 0.2) is 48.5 Å². The van der Waals surface area contributed by atoms with E-state index in [0.717, 1.165) is 11.1 Å². The van der Waals surface area contributed by atoms with Crippen LogP contribution in [0, 0.1) is 5.92 Å². The second-order valence-corrected chi connectivity index (χ2v) is 6.50. The van der Waals surface area contributed by atoms with Gasteiger partial charge < -0.3 is 20.5 Å². The molecule has 0 aliphatic rings. The van der Waals surface area contributed by atoms with Crippen LogP contribution in [0.3, 0.4) is 0 Å². The van der Waals surface area contributed by atoms with Crippen molar-refractivity contribution in [3.63, 3.8) is 0 Å². The monoisotopic (exact) mass is 384 g/mol. The maximum absolute atomic E-state index is 12.2. The first kappa shape index (κ1) is 21.0. The molecular formula is C21H24N2O5. The predicted molar refractivity (Wildman–Crippen MR) is 106 cm³/mol. The van der Waals surface area contributed by atoms with E-state index in [1.165, 1.54) is 7.11 Å². The smallest absolute Gasteiger partial charge is 0.323 e. The Morgan fingerprint density at radius 2 is 1.68 bits per heavy atom. The van der Waals surface area contributed by atoms with Crippen molar-refractivity contribution in [3.8, 4) is 0 Å². The van der Waals surface area contributed by atoms with Gasteiger partial charge in [-0.25, -0.2) is 4.79 Å². The number of nitrogens with one attached hydrogen (secondary N) is 2. The number of methoxy groups -OCH3 is 1. The predicted octanol–water partition coefficient (Wildman–Crippen LogP) is 3.70. The fourth-order valence-corrected chi connectivity index (χ4v) is 2.71. The maximum atomic E-state index is 12.2. The number of esters is 1. The summed E-state index contributed by atoms with van der Waals surface area (Å²) in [7, 11) is 1.37. The van der Waals surface area contributed by atoms with Crippen molar-refractivity contribution < 1.29 is 24.2 Å². The minimum Gasteiger partial charge on any atom is -0.481 e. The first-order valence-electron chi connectivity index (χ1n) is 8.93. The van der Waals surface area contributed by atoms with Crippen molar-refractivity contribution in [2.45, 2.75) is 26.2 Å². The highest BCUT2D eigenvalue weighted by atomic mass is 16.5. The Hall–Kier alpha value is -3.35. The summed E-state index contributed by atoms with van der Waals surface area (Å²) in [5.41, 5.74) is 3.01. The first-order valence-corrected chi connectivity index (χ1v) is 8.93. The molecule has 0 spiro atoms. The zero-order valence-corrected chi connectivity index (χ0v) is 15.9. The van der Waals surface area contributed by atoms with Crippen LogP contribution in [0.1, 0.15) is 24.5 Å². The van der Waals surface area contributed by atoms with Crippen molar-refractivity contribution in [1.82, 2.24) is 0 Å². The molecule has 28 heavy (non-hydrogen) atoms. The first-order chi connectivity index (χ1) is 13.4. The molecule has 7 heteroatoms. The van der Waals surface area contributed by atoms with E-state index in [1.807, 2.05) is 18.2 Å². The minimum absolute atomic E-state index is 0.0383. The lowest BCUT2D eigenvalue weighted by atomic mass is 10.0. The molecule has 0 aromatic heterocycles. The number of rotatable bonds is 8. The molecule has 0 bridgehead atoms. The fraction of sp³-hybridized carbons (Fsp3) is 0.286. The van der Waals surface area contributed by atoms with Gasteiger partial charge in [0.15, 0.2) is 0 Å². The van der Waals surface area contributed by atoms with Gasteiger partial charge in [-0.3, -0.25) is 9.59 Å². The number of hydrogen-bond donors (Lipinski definition) is 3. The Morgan fingerprint density at radius 1 is 1.00 bits per heavy atom. The summed E-state index contributed by atoms with van der Waals surface area (Å²) in [4.78, 5) is 34.3. The number of urea groups is 1. The number of hydrogen-bond acceptors (Lipinski definition) is 4. The molecule has 2 amide bonds. The molecule has 0 saturated carbocycles. The van der Waals surface area contributed by atoms with Crippen LogP contribution in [0.2, 0.25) is 0 Å². The van der Waals surface area contributed by atoms with Crippen molar-refractivity contribution in [3.05, 3.63) is 59.7 Å². The minimum atomic E-state index is -0.861. The van der Waals surface area contributed by atoms with Gasteiger partial charge in [0.1, 0.15) is 0 Å². The van der Waals surface area contributed by atoms with Crippen LogP contribution in [-0.4, -0.2) is 30.2 Å². The summed E-state index contributed by atoms with van der Waals surface area (Å²) in [6, 6.07) is 13.9. The highest BCUT2D eigenvalue weighted by Crippen LogP contribution is 2.16. The molecule has 0 saturated heterocycles. The quantitative estimate of drug-likeness (QED) is 0.602. The molecule has 148 valence electrons. The third kappa shape index (κ3) is 6.75. The van der Waals surface area contributed by atoms with Crippen LogP contribution in [-0.2, 0) is 27.2 Å². The zero-order valence-electron chi connectivity index (χ0n) is 15.9. The molecule has 0 fully saturated rings. The highest BCUT2D eigenvalue weighted by Gasteiger charge is 2.13. The lowest BCUT2D eigenvalue weighted by Gasteiger charge is -2.11. The second kappa shape index (κ2) is 10.1. The summed E-state index contributed by atoms with van der Waals surface area (Å²) >= 11 is 0. The average Bonchev–Trinajstić information content (AvgIpc) is 2.67. The van der Waals surface area contributed by atoms with Gasteiger partial charge in [-0.1, -0.05) is 31.2 Å². The molecule has 1 atom stereocenters. The van der Waals surface area contributed by atoms with Gasteiger partial charge in [0, 0.05) is 17.8 Å². The summed E-state index contributed by atoms with van der Waals surface area (Å²) in [6.07, 6.45) is 0.997. The van der Waals surface area contributed by atoms with Gasteiger partial charge in [-0.05, 0) is 48.2 Å². The van der Waals surface area contributed by atoms with E-state index >= 15 is 0 Å². The van der Waals surface area contributed by atoms with E-state index in [2.05, 4.69) is 10.6 Å². The molecule has 0 heterocycles. The van der Waals surface area contributed by atoms with Gasteiger partial charge in [0.05, 0.1) is 13.0 Å². The van der Waals surface area contributed by atoms with Crippen molar-refractivity contribution >= 4 is 29.3 Å². The Bertz CT molecular complexity index is 833. The van der Waals surface area contributed by atoms with E-state index in [-0.39, 0.29) is 18.3 Å². The average molecular weight is 384 g/mol. The van der Waals surface area contributed by atoms with Crippen molar-refractivity contribution in [1.29, 1.82) is 0 Å². The molecule has 0 aliphatic carbocycles. The van der Waals surface area contributed by atoms with Crippen LogP contribution in [0.5, 0.6) is 0 Å². The molecule has 2 rings (SSSR count). The Kier molecular flexibility index (Phi) is 7.56. The van der Waals surface area contributed by atoms with Crippen molar-refractivity contribution in [2.75, 3.05) is 17.7 Å². The number of carboxylic acids is 1. The van der Waals surface area contributed by atoms with Crippen LogP contribution in [0.25, 0.3) is 0 Å². The Balaban J connectivity index is 1.90. The van der Waals surface area contributed by atoms with Gasteiger partial charge in [0.25, 0.3) is 0 Å². The summed E-state index contributed by atoms with van der Waals surface area (Å²) in [5.74, 6) is -1.35. The lowest BCUT2D eigenvalue weighted by Crippen LogP contribution is -2.19. The number of carbonyl (C=O) groups is 3. The fourth-order valence-electron chi connectivity index (χ4n) is 2.71. The number of anilines is 2. The lowest BCUT2D eigenvalue weighted by molar-refractivity contribution is -0.144. The Morgan fingerprint density at radius 3 is 2.32 bits per heavy atom. The van der Waals surface area contributed by atoms with Crippen LogP contribution < -0.4 is 10.6 Å². The zero-order chi connectivity index (χ0) is 20.5. The van der Waals surface area contributed by atoms with E-state index in [4.69, 9.17) is 9.84 Å². The number of aryl methyl sites for hydroxylation is 1. The molecule has 0 aliphatic heterocycles. The topological polar surface area (TPSA) is 105 Å². The van der Waals surface area contributed by atoms with Crippen LogP contribution in [0.4, 0.5) is 16.2 Å². The molecule has 3 N–H and O–H groups in total. The largest absolute Gasteiger partial charge is 0.481 e. The standard InChI is InChI=1S/C21H24N2O5/c1-14(20(26)28-2)12-16-6-9-17(10-7-16)22-21(27)23-18-5-3-4-15(13-18)8-11-19(24)25/h3-7,9-10,13-14H,8,11-12H2,1-2H3,(H,24,25)(H2,22,23,27). The van der Waals surface area contributed by atoms with Gasteiger partial charge in [0.2, 0.25) is 0 Å². The number of benzene rings is 2. The second-order valence-electron chi connectivity index (χ2n) is 6.50. The number of carboxylic acid groups (broad SMARTS) is 1. The molecular weight excluding hydrogens is 360 g/mol. The third-order valence-electron chi connectivity index (χ3n) is 4.17. The molecule has 2 aromatic carbocycles.